The molecule has 2 saturated heterocycles. The molecule has 1 unspecified atom stereocenters. The molecule has 0 spiro atoms. The lowest BCUT2D eigenvalue weighted by Gasteiger charge is -2.23. The lowest BCUT2D eigenvalue weighted by molar-refractivity contribution is 0.0780. The lowest BCUT2D eigenvalue weighted by atomic mass is 10.1. The number of amides is 1. The summed E-state index contributed by atoms with van der Waals surface area (Å²) in [6, 6.07) is 8.50. The molecule has 2 heterocycles. The van der Waals surface area contributed by atoms with Crippen LogP contribution in [0.3, 0.4) is 0 Å². The first-order chi connectivity index (χ1) is 10.3. The summed E-state index contributed by atoms with van der Waals surface area (Å²) in [6.45, 7) is 4.82. The van der Waals surface area contributed by atoms with Crippen molar-refractivity contribution in [3.05, 3.63) is 35.4 Å². The van der Waals surface area contributed by atoms with Gasteiger partial charge in [-0.25, -0.2) is 0 Å². The van der Waals surface area contributed by atoms with E-state index in [0.717, 1.165) is 37.1 Å². The zero-order valence-electron chi connectivity index (χ0n) is 12.6. The van der Waals surface area contributed by atoms with Crippen LogP contribution in [-0.2, 0) is 6.42 Å². The molecule has 0 aliphatic carbocycles. The average molecular weight is 287 g/mol. The van der Waals surface area contributed by atoms with Crippen molar-refractivity contribution in [1.29, 1.82) is 0 Å². The van der Waals surface area contributed by atoms with Gasteiger partial charge in [-0.2, -0.15) is 0 Å². The van der Waals surface area contributed by atoms with Crippen LogP contribution in [0.1, 0.15) is 35.2 Å². The molecule has 1 aromatic rings. The maximum atomic E-state index is 12.6. The van der Waals surface area contributed by atoms with Gasteiger partial charge in [0, 0.05) is 24.7 Å². The molecule has 0 saturated carbocycles. The molecule has 2 N–H and O–H groups in total. The zero-order chi connectivity index (χ0) is 14.7. The minimum atomic E-state index is 0.176. The highest BCUT2D eigenvalue weighted by Gasteiger charge is 2.31. The van der Waals surface area contributed by atoms with E-state index in [2.05, 4.69) is 4.90 Å². The zero-order valence-corrected chi connectivity index (χ0v) is 12.6. The van der Waals surface area contributed by atoms with E-state index in [0.29, 0.717) is 12.6 Å². The van der Waals surface area contributed by atoms with E-state index in [1.807, 2.05) is 29.2 Å². The van der Waals surface area contributed by atoms with Gasteiger partial charge in [-0.05, 0) is 63.0 Å². The molecule has 1 amide bonds. The van der Waals surface area contributed by atoms with Crippen LogP contribution < -0.4 is 5.73 Å². The van der Waals surface area contributed by atoms with E-state index in [1.54, 1.807) is 0 Å². The molecule has 2 aliphatic heterocycles. The van der Waals surface area contributed by atoms with Gasteiger partial charge in [0.15, 0.2) is 0 Å². The number of hydrogen-bond acceptors (Lipinski definition) is 3. The molecule has 21 heavy (non-hydrogen) atoms. The fraction of sp³-hybridized carbons (Fsp3) is 0.588. The van der Waals surface area contributed by atoms with Crippen molar-refractivity contribution in [2.45, 2.75) is 31.7 Å². The summed E-state index contributed by atoms with van der Waals surface area (Å²) in [7, 11) is 0. The number of nitrogens with two attached hydrogens (primary N) is 1. The van der Waals surface area contributed by atoms with Crippen molar-refractivity contribution in [3.8, 4) is 0 Å². The van der Waals surface area contributed by atoms with Crippen molar-refractivity contribution in [3.63, 3.8) is 0 Å². The molecule has 3 rings (SSSR count). The molecular weight excluding hydrogens is 262 g/mol. The van der Waals surface area contributed by atoms with E-state index < -0.39 is 0 Å². The van der Waals surface area contributed by atoms with Crippen molar-refractivity contribution < 1.29 is 4.79 Å². The van der Waals surface area contributed by atoms with Crippen LogP contribution in [0.4, 0.5) is 0 Å². The minimum Gasteiger partial charge on any atom is -0.337 e. The summed E-state index contributed by atoms with van der Waals surface area (Å²) >= 11 is 0. The quantitative estimate of drug-likeness (QED) is 0.913. The van der Waals surface area contributed by atoms with Crippen molar-refractivity contribution in [2.75, 3.05) is 32.7 Å². The molecule has 1 atom stereocenters. The van der Waals surface area contributed by atoms with Gasteiger partial charge >= 0.3 is 0 Å². The van der Waals surface area contributed by atoms with E-state index in [4.69, 9.17) is 5.73 Å². The van der Waals surface area contributed by atoms with Gasteiger partial charge in [0.25, 0.3) is 5.91 Å². The third-order valence-corrected chi connectivity index (χ3v) is 4.71. The first-order valence-corrected chi connectivity index (χ1v) is 8.10. The molecule has 2 fully saturated rings. The molecule has 4 nitrogen and oxygen atoms in total. The average Bonchev–Trinajstić information content (AvgIpc) is 3.18. The second-order valence-electron chi connectivity index (χ2n) is 6.18. The molecular formula is C17H25N3O. The Kier molecular flexibility index (Phi) is 4.56. The summed E-state index contributed by atoms with van der Waals surface area (Å²) in [6.07, 6.45) is 4.57. The lowest BCUT2D eigenvalue weighted by Crippen LogP contribution is -2.37. The fourth-order valence-corrected chi connectivity index (χ4v) is 3.54. The van der Waals surface area contributed by atoms with E-state index >= 15 is 0 Å². The molecule has 0 aromatic heterocycles. The Labute approximate surface area is 126 Å². The van der Waals surface area contributed by atoms with Crippen LogP contribution in [0.5, 0.6) is 0 Å². The molecule has 4 heteroatoms. The second kappa shape index (κ2) is 6.58. The highest BCUT2D eigenvalue weighted by atomic mass is 16.2. The van der Waals surface area contributed by atoms with Crippen molar-refractivity contribution in [2.24, 2.45) is 5.73 Å². The second-order valence-corrected chi connectivity index (χ2v) is 6.18. The van der Waals surface area contributed by atoms with Gasteiger partial charge in [-0.15, -0.1) is 0 Å². The number of carbonyl (C=O) groups excluding carboxylic acids is 1. The summed E-state index contributed by atoms with van der Waals surface area (Å²) in [5, 5.41) is 0. The molecule has 2 aliphatic rings. The van der Waals surface area contributed by atoms with Gasteiger partial charge in [-0.3, -0.25) is 9.69 Å². The van der Waals surface area contributed by atoms with Gasteiger partial charge in [0.05, 0.1) is 0 Å². The van der Waals surface area contributed by atoms with Crippen LogP contribution in [-0.4, -0.2) is 54.5 Å². The van der Waals surface area contributed by atoms with Crippen LogP contribution in [0.25, 0.3) is 0 Å². The first-order valence-electron chi connectivity index (χ1n) is 8.10. The number of nitrogens with zero attached hydrogens (tertiary/aromatic N) is 2. The Morgan fingerprint density at radius 1 is 1.24 bits per heavy atom. The van der Waals surface area contributed by atoms with Gasteiger partial charge in [0.2, 0.25) is 0 Å². The Hall–Kier alpha value is -1.39. The van der Waals surface area contributed by atoms with Crippen LogP contribution in [0.2, 0.25) is 0 Å². The topological polar surface area (TPSA) is 49.6 Å². The van der Waals surface area contributed by atoms with Gasteiger partial charge < -0.3 is 10.6 Å². The Morgan fingerprint density at radius 2 is 2.05 bits per heavy atom. The Balaban J connectivity index is 1.64. The van der Waals surface area contributed by atoms with Crippen molar-refractivity contribution in [1.82, 2.24) is 9.80 Å². The maximum Gasteiger partial charge on any atom is 0.253 e. The van der Waals surface area contributed by atoms with E-state index in [-0.39, 0.29) is 5.91 Å². The SMILES string of the molecule is NCCc1cccc(C(=O)N2CCC(N3CCCC3)C2)c1. The van der Waals surface area contributed by atoms with Crippen LogP contribution in [0.15, 0.2) is 24.3 Å². The van der Waals surface area contributed by atoms with E-state index in [1.165, 1.54) is 25.9 Å². The molecule has 0 bridgehead atoms. The molecule has 114 valence electrons. The summed E-state index contributed by atoms with van der Waals surface area (Å²) < 4.78 is 0. The number of rotatable bonds is 4. The smallest absolute Gasteiger partial charge is 0.253 e. The predicted molar refractivity (Wildman–Crippen MR) is 84.3 cm³/mol. The third-order valence-electron chi connectivity index (χ3n) is 4.71. The number of benzene rings is 1. The number of hydrogen-bond donors (Lipinski definition) is 1. The first kappa shape index (κ1) is 14.5. The Bertz CT molecular complexity index is 497. The minimum absolute atomic E-state index is 0.176. The normalized spacial score (nSPS) is 22.9. The predicted octanol–water partition coefficient (Wildman–Crippen LogP) is 1.50. The number of carbonyl (C=O) groups is 1. The van der Waals surface area contributed by atoms with Crippen LogP contribution in [0, 0.1) is 0 Å². The summed E-state index contributed by atoms with van der Waals surface area (Å²) in [4.78, 5) is 17.2. The van der Waals surface area contributed by atoms with Crippen molar-refractivity contribution >= 4 is 5.91 Å². The molecule has 0 radical (unpaired) electrons. The van der Waals surface area contributed by atoms with E-state index in [9.17, 15) is 4.79 Å². The molecule has 1 aromatic carbocycles. The largest absolute Gasteiger partial charge is 0.337 e. The van der Waals surface area contributed by atoms with Gasteiger partial charge in [-0.1, -0.05) is 12.1 Å². The van der Waals surface area contributed by atoms with Gasteiger partial charge in [0.1, 0.15) is 0 Å². The standard InChI is InChI=1S/C17H25N3O/c18-8-6-14-4-3-5-15(12-14)17(21)20-11-7-16(13-20)19-9-1-2-10-19/h3-5,12,16H,1-2,6-11,13,18H2. The summed E-state index contributed by atoms with van der Waals surface area (Å²) in [5.41, 5.74) is 7.56. The number of likely N-dealkylation sites (tertiary alicyclic amines) is 2. The third kappa shape index (κ3) is 3.27. The van der Waals surface area contributed by atoms with Crippen LogP contribution >= 0.6 is 0 Å². The summed E-state index contributed by atoms with van der Waals surface area (Å²) in [5.74, 6) is 0.176. The highest BCUT2D eigenvalue weighted by Crippen LogP contribution is 2.22. The monoisotopic (exact) mass is 287 g/mol. The maximum absolute atomic E-state index is 12.6. The Morgan fingerprint density at radius 3 is 2.81 bits per heavy atom. The fourth-order valence-electron chi connectivity index (χ4n) is 3.54. The highest BCUT2D eigenvalue weighted by molar-refractivity contribution is 5.94.